The second kappa shape index (κ2) is 9.27. The van der Waals surface area contributed by atoms with Gasteiger partial charge in [-0.2, -0.15) is 0 Å². The summed E-state index contributed by atoms with van der Waals surface area (Å²) in [5.74, 6) is 0.262. The van der Waals surface area contributed by atoms with E-state index in [9.17, 15) is 4.79 Å². The van der Waals surface area contributed by atoms with Gasteiger partial charge in [-0.05, 0) is 37.5 Å². The zero-order valence-corrected chi connectivity index (χ0v) is 13.0. The largest absolute Gasteiger partial charge is 0.483 e. The highest BCUT2D eigenvalue weighted by molar-refractivity contribution is 5.78. The molecule has 0 aromatic carbocycles. The van der Waals surface area contributed by atoms with E-state index in [1.165, 1.54) is 19.1 Å². The lowest BCUT2D eigenvalue weighted by molar-refractivity contribution is -0.158. The van der Waals surface area contributed by atoms with Crippen LogP contribution in [0.1, 0.15) is 58.1 Å². The molecule has 1 aliphatic rings. The van der Waals surface area contributed by atoms with E-state index < -0.39 is 11.6 Å². The fourth-order valence-electron chi connectivity index (χ4n) is 2.14. The van der Waals surface area contributed by atoms with Crippen LogP contribution in [0.2, 0.25) is 0 Å². The number of rotatable bonds is 7. The molecular weight excluding hydrogens is 268 g/mol. The van der Waals surface area contributed by atoms with Crippen molar-refractivity contribution in [3.63, 3.8) is 0 Å². The summed E-state index contributed by atoms with van der Waals surface area (Å²) >= 11 is 0. The molecule has 0 radical (unpaired) electrons. The van der Waals surface area contributed by atoms with Crippen molar-refractivity contribution in [3.8, 4) is 0 Å². The molecule has 1 aromatic rings. The first-order valence-electron chi connectivity index (χ1n) is 7.73. The van der Waals surface area contributed by atoms with Crippen LogP contribution in [-0.2, 0) is 16.0 Å². The molecule has 1 aromatic heterocycles. The van der Waals surface area contributed by atoms with Crippen molar-refractivity contribution in [2.24, 2.45) is 0 Å². The zero-order valence-electron chi connectivity index (χ0n) is 13.0. The number of carboxylic acids is 1. The highest BCUT2D eigenvalue weighted by Gasteiger charge is 2.40. The Morgan fingerprint density at radius 3 is 2.57 bits per heavy atom. The van der Waals surface area contributed by atoms with Crippen molar-refractivity contribution >= 4 is 5.97 Å². The van der Waals surface area contributed by atoms with Crippen LogP contribution in [0.4, 0.5) is 0 Å². The van der Waals surface area contributed by atoms with E-state index in [0.717, 1.165) is 25.0 Å². The maximum Gasteiger partial charge on any atom is 0.348 e. The maximum atomic E-state index is 10.9. The van der Waals surface area contributed by atoms with Crippen molar-refractivity contribution in [1.82, 2.24) is 0 Å². The zero-order chi connectivity index (χ0) is 15.6. The summed E-state index contributed by atoms with van der Waals surface area (Å²) in [7, 11) is 0. The molecule has 0 saturated heterocycles. The third-order valence-electron chi connectivity index (χ3n) is 3.52. The normalized spacial score (nSPS) is 19.7. The van der Waals surface area contributed by atoms with Gasteiger partial charge in [-0.3, -0.25) is 0 Å². The standard InChI is InChI=1S/C9H14O3.C8H12O/c1-2-3-5-9(8(10)11)6-4-7-12-9;1-2-3-5-8-6-4-7-9-8/h4,7H,2-3,5-6H2,1H3,(H,10,11);4,6-7H,2-3,5H2,1H3. The fourth-order valence-corrected chi connectivity index (χ4v) is 2.14. The summed E-state index contributed by atoms with van der Waals surface area (Å²) in [4.78, 5) is 10.9. The lowest BCUT2D eigenvalue weighted by Gasteiger charge is -2.23. The Bertz CT molecular complexity index is 412. The lowest BCUT2D eigenvalue weighted by atomic mass is 9.94. The SMILES string of the molecule is CCCCC1(C(=O)O)CC=CO1.CCCCc1ccco1. The number of ether oxygens (including phenoxy) is 1. The number of furan rings is 1. The Kier molecular flexibility index (Phi) is 7.65. The van der Waals surface area contributed by atoms with Crippen LogP contribution in [0.5, 0.6) is 0 Å². The van der Waals surface area contributed by atoms with Gasteiger partial charge in [0.05, 0.1) is 12.5 Å². The van der Waals surface area contributed by atoms with Gasteiger partial charge < -0.3 is 14.3 Å². The van der Waals surface area contributed by atoms with E-state index in [0.29, 0.717) is 12.8 Å². The quantitative estimate of drug-likeness (QED) is 0.801. The molecule has 0 amide bonds. The molecule has 2 heterocycles. The molecule has 118 valence electrons. The summed E-state index contributed by atoms with van der Waals surface area (Å²) in [6.45, 7) is 4.22. The molecule has 1 N–H and O–H groups in total. The van der Waals surface area contributed by atoms with Gasteiger partial charge in [0.2, 0.25) is 5.60 Å². The number of hydrogen-bond donors (Lipinski definition) is 1. The molecule has 0 bridgehead atoms. The smallest absolute Gasteiger partial charge is 0.348 e. The molecule has 0 fully saturated rings. The van der Waals surface area contributed by atoms with Gasteiger partial charge in [0.25, 0.3) is 0 Å². The molecule has 2 rings (SSSR count). The lowest BCUT2D eigenvalue weighted by Crippen LogP contribution is -2.37. The minimum atomic E-state index is -0.948. The predicted molar refractivity (Wildman–Crippen MR) is 82.1 cm³/mol. The Hall–Kier alpha value is -1.71. The molecule has 0 spiro atoms. The van der Waals surface area contributed by atoms with E-state index >= 15 is 0 Å². The predicted octanol–water partition coefficient (Wildman–Crippen LogP) is 4.56. The summed E-state index contributed by atoms with van der Waals surface area (Å²) < 4.78 is 10.3. The van der Waals surface area contributed by atoms with E-state index in [-0.39, 0.29) is 0 Å². The summed E-state index contributed by atoms with van der Waals surface area (Å²) in [5, 5.41) is 8.93. The summed E-state index contributed by atoms with van der Waals surface area (Å²) in [6.07, 6.45) is 11.5. The van der Waals surface area contributed by atoms with Crippen molar-refractivity contribution in [2.75, 3.05) is 0 Å². The van der Waals surface area contributed by atoms with E-state index in [4.69, 9.17) is 14.3 Å². The van der Waals surface area contributed by atoms with Crippen LogP contribution in [-0.4, -0.2) is 16.7 Å². The molecular formula is C17H26O4. The third kappa shape index (κ3) is 5.66. The van der Waals surface area contributed by atoms with Crippen molar-refractivity contribution in [1.29, 1.82) is 0 Å². The Morgan fingerprint density at radius 2 is 2.10 bits per heavy atom. The summed E-state index contributed by atoms with van der Waals surface area (Å²) in [6, 6.07) is 3.96. The second-order valence-electron chi connectivity index (χ2n) is 5.28. The van der Waals surface area contributed by atoms with Gasteiger partial charge in [-0.25, -0.2) is 4.79 Å². The number of carbonyl (C=O) groups is 1. The van der Waals surface area contributed by atoms with Crippen molar-refractivity contribution in [3.05, 3.63) is 36.5 Å². The monoisotopic (exact) mass is 294 g/mol. The number of carboxylic acid groups (broad SMARTS) is 1. The number of aryl methyl sites for hydroxylation is 1. The maximum absolute atomic E-state index is 10.9. The summed E-state index contributed by atoms with van der Waals surface area (Å²) in [5.41, 5.74) is -0.948. The van der Waals surface area contributed by atoms with Gasteiger partial charge in [-0.1, -0.05) is 26.7 Å². The molecule has 21 heavy (non-hydrogen) atoms. The van der Waals surface area contributed by atoms with E-state index in [1.807, 2.05) is 19.1 Å². The van der Waals surface area contributed by atoms with Gasteiger partial charge in [0.1, 0.15) is 5.76 Å². The van der Waals surface area contributed by atoms with Crippen molar-refractivity contribution < 1.29 is 19.1 Å². The second-order valence-corrected chi connectivity index (χ2v) is 5.28. The molecule has 0 saturated carbocycles. The molecule has 1 atom stereocenters. The minimum absolute atomic E-state index is 0.502. The van der Waals surface area contributed by atoms with Gasteiger partial charge >= 0.3 is 5.97 Å². The molecule has 4 nitrogen and oxygen atoms in total. The highest BCUT2D eigenvalue weighted by Crippen LogP contribution is 2.29. The molecule has 0 aliphatic carbocycles. The van der Waals surface area contributed by atoms with Gasteiger partial charge in [0.15, 0.2) is 0 Å². The van der Waals surface area contributed by atoms with E-state index in [2.05, 4.69) is 6.92 Å². The minimum Gasteiger partial charge on any atom is -0.483 e. The number of unbranched alkanes of at least 4 members (excludes halogenated alkanes) is 2. The Balaban J connectivity index is 0.000000219. The molecule has 4 heteroatoms. The average Bonchev–Trinajstić information content (AvgIpc) is 3.15. The average molecular weight is 294 g/mol. The molecule has 1 aliphatic heterocycles. The topological polar surface area (TPSA) is 59.7 Å². The Morgan fingerprint density at radius 1 is 1.33 bits per heavy atom. The van der Waals surface area contributed by atoms with Crippen LogP contribution in [0, 0.1) is 0 Å². The van der Waals surface area contributed by atoms with Gasteiger partial charge in [0, 0.05) is 12.8 Å². The van der Waals surface area contributed by atoms with Crippen LogP contribution in [0.3, 0.4) is 0 Å². The highest BCUT2D eigenvalue weighted by atomic mass is 16.5. The van der Waals surface area contributed by atoms with Crippen LogP contribution >= 0.6 is 0 Å². The Labute approximate surface area is 126 Å². The van der Waals surface area contributed by atoms with Crippen molar-refractivity contribution in [2.45, 2.75) is 64.4 Å². The third-order valence-corrected chi connectivity index (χ3v) is 3.52. The molecule has 1 unspecified atom stereocenters. The van der Waals surface area contributed by atoms with E-state index in [1.54, 1.807) is 12.3 Å². The van der Waals surface area contributed by atoms with Crippen LogP contribution in [0.15, 0.2) is 35.2 Å². The first kappa shape index (κ1) is 17.3. The number of aliphatic carboxylic acids is 1. The van der Waals surface area contributed by atoms with Crippen LogP contribution in [0.25, 0.3) is 0 Å². The van der Waals surface area contributed by atoms with Gasteiger partial charge in [-0.15, -0.1) is 0 Å². The van der Waals surface area contributed by atoms with Crippen LogP contribution < -0.4 is 0 Å². The first-order valence-corrected chi connectivity index (χ1v) is 7.73. The number of hydrogen-bond acceptors (Lipinski definition) is 3. The first-order chi connectivity index (χ1) is 10.1. The fraction of sp³-hybridized carbons (Fsp3) is 0.588.